The lowest BCUT2D eigenvalue weighted by Crippen LogP contribution is -1.97. The minimum Gasteiger partial charge on any atom is -0.493 e. The van der Waals surface area contributed by atoms with Gasteiger partial charge in [0.1, 0.15) is 0 Å². The monoisotopic (exact) mass is 334 g/mol. The molecule has 23 heavy (non-hydrogen) atoms. The SMILES string of the molecule is COc1cc(/C=C/S(=O)(=O)c2ccccc2)cc(OC)c1OC. The van der Waals surface area contributed by atoms with Crippen molar-refractivity contribution in [2.24, 2.45) is 0 Å². The molecule has 0 amide bonds. The van der Waals surface area contributed by atoms with Crippen molar-refractivity contribution in [1.82, 2.24) is 0 Å². The Bertz CT molecular complexity index is 770. The number of rotatable bonds is 6. The van der Waals surface area contributed by atoms with E-state index >= 15 is 0 Å². The number of methoxy groups -OCH3 is 3. The van der Waals surface area contributed by atoms with Crippen LogP contribution in [0, 0.1) is 0 Å². The van der Waals surface area contributed by atoms with Crippen LogP contribution in [0.1, 0.15) is 5.56 Å². The topological polar surface area (TPSA) is 61.8 Å². The molecule has 6 heteroatoms. The molecule has 0 aliphatic heterocycles. The zero-order valence-electron chi connectivity index (χ0n) is 13.1. The number of sulfone groups is 1. The second-order valence-corrected chi connectivity index (χ2v) is 6.45. The molecule has 2 rings (SSSR count). The molecule has 0 aliphatic carbocycles. The maximum absolute atomic E-state index is 12.3. The van der Waals surface area contributed by atoms with Crippen molar-refractivity contribution in [3.8, 4) is 17.2 Å². The molecule has 0 heterocycles. The summed E-state index contributed by atoms with van der Waals surface area (Å²) in [5.74, 6) is 1.38. The van der Waals surface area contributed by atoms with Crippen molar-refractivity contribution in [2.75, 3.05) is 21.3 Å². The third-order valence-corrected chi connectivity index (χ3v) is 4.62. The summed E-state index contributed by atoms with van der Waals surface area (Å²) < 4.78 is 40.3. The highest BCUT2D eigenvalue weighted by Gasteiger charge is 2.13. The predicted octanol–water partition coefficient (Wildman–Crippen LogP) is 3.16. The van der Waals surface area contributed by atoms with E-state index in [-0.39, 0.29) is 4.90 Å². The summed E-state index contributed by atoms with van der Waals surface area (Å²) in [6.07, 6.45) is 1.49. The Hall–Kier alpha value is -2.47. The summed E-state index contributed by atoms with van der Waals surface area (Å²) in [5.41, 5.74) is 0.624. The average molecular weight is 334 g/mol. The van der Waals surface area contributed by atoms with Gasteiger partial charge in [-0.25, -0.2) is 8.42 Å². The second-order valence-electron chi connectivity index (χ2n) is 4.62. The zero-order valence-corrected chi connectivity index (χ0v) is 14.0. The summed E-state index contributed by atoms with van der Waals surface area (Å²) in [4.78, 5) is 0.240. The lowest BCUT2D eigenvalue weighted by Gasteiger charge is -2.12. The normalized spacial score (nSPS) is 11.4. The van der Waals surface area contributed by atoms with Crippen LogP contribution in [0.4, 0.5) is 0 Å². The molecular formula is C17H18O5S. The molecule has 0 aromatic heterocycles. The van der Waals surface area contributed by atoms with E-state index in [1.54, 1.807) is 42.5 Å². The van der Waals surface area contributed by atoms with Gasteiger partial charge in [-0.2, -0.15) is 0 Å². The first-order valence-corrected chi connectivity index (χ1v) is 8.34. The Morgan fingerprint density at radius 2 is 1.43 bits per heavy atom. The largest absolute Gasteiger partial charge is 0.493 e. The quantitative estimate of drug-likeness (QED) is 0.812. The highest BCUT2D eigenvalue weighted by atomic mass is 32.2. The van der Waals surface area contributed by atoms with Crippen LogP contribution in [0.2, 0.25) is 0 Å². The Labute approximate surface area is 136 Å². The highest BCUT2D eigenvalue weighted by molar-refractivity contribution is 7.94. The van der Waals surface area contributed by atoms with Crippen LogP contribution in [0.3, 0.4) is 0 Å². The van der Waals surface area contributed by atoms with Gasteiger partial charge >= 0.3 is 0 Å². The van der Waals surface area contributed by atoms with Gasteiger partial charge in [-0.05, 0) is 35.9 Å². The molecule has 2 aromatic rings. The van der Waals surface area contributed by atoms with Crippen LogP contribution in [-0.4, -0.2) is 29.7 Å². The van der Waals surface area contributed by atoms with Gasteiger partial charge in [-0.15, -0.1) is 0 Å². The summed E-state index contributed by atoms with van der Waals surface area (Å²) >= 11 is 0. The van der Waals surface area contributed by atoms with Gasteiger partial charge in [0.25, 0.3) is 0 Å². The van der Waals surface area contributed by atoms with E-state index in [1.807, 2.05) is 0 Å². The fourth-order valence-corrected chi connectivity index (χ4v) is 3.08. The Morgan fingerprint density at radius 3 is 1.91 bits per heavy atom. The van der Waals surface area contributed by atoms with Crippen molar-refractivity contribution in [2.45, 2.75) is 4.90 Å². The Morgan fingerprint density at radius 1 is 0.870 bits per heavy atom. The molecule has 0 fully saturated rings. The smallest absolute Gasteiger partial charge is 0.203 e. The van der Waals surface area contributed by atoms with Crippen molar-refractivity contribution in [1.29, 1.82) is 0 Å². The molecule has 0 spiro atoms. The maximum Gasteiger partial charge on any atom is 0.203 e. The molecule has 0 aliphatic rings. The first-order chi connectivity index (χ1) is 11.0. The predicted molar refractivity (Wildman–Crippen MR) is 88.8 cm³/mol. The minimum absolute atomic E-state index is 0.240. The summed E-state index contributed by atoms with van der Waals surface area (Å²) in [7, 11) is 1.01. The van der Waals surface area contributed by atoms with E-state index in [0.29, 0.717) is 22.8 Å². The standard InChI is InChI=1S/C17H18O5S/c1-20-15-11-13(12-16(21-2)17(15)22-3)9-10-23(18,19)14-7-5-4-6-8-14/h4-12H,1-3H3/b10-9+. The molecule has 0 N–H and O–H groups in total. The van der Waals surface area contributed by atoms with Gasteiger partial charge in [0.05, 0.1) is 26.2 Å². The molecular weight excluding hydrogens is 316 g/mol. The van der Waals surface area contributed by atoms with Crippen LogP contribution in [0.15, 0.2) is 52.8 Å². The van der Waals surface area contributed by atoms with Gasteiger partial charge in [0, 0.05) is 5.41 Å². The highest BCUT2D eigenvalue weighted by Crippen LogP contribution is 2.38. The molecule has 0 radical (unpaired) electrons. The van der Waals surface area contributed by atoms with Crippen LogP contribution in [-0.2, 0) is 9.84 Å². The molecule has 5 nitrogen and oxygen atoms in total. The van der Waals surface area contributed by atoms with Crippen LogP contribution >= 0.6 is 0 Å². The zero-order chi connectivity index (χ0) is 16.9. The van der Waals surface area contributed by atoms with E-state index in [9.17, 15) is 8.42 Å². The first-order valence-electron chi connectivity index (χ1n) is 6.80. The van der Waals surface area contributed by atoms with Gasteiger partial charge in [-0.3, -0.25) is 0 Å². The summed E-state index contributed by atoms with van der Waals surface area (Å²) in [5, 5.41) is 1.16. The third-order valence-electron chi connectivity index (χ3n) is 3.20. The maximum atomic E-state index is 12.3. The average Bonchev–Trinajstić information content (AvgIpc) is 2.59. The lowest BCUT2D eigenvalue weighted by molar-refractivity contribution is 0.324. The number of hydrogen-bond donors (Lipinski definition) is 0. The van der Waals surface area contributed by atoms with Crippen LogP contribution in [0.25, 0.3) is 6.08 Å². The van der Waals surface area contributed by atoms with Crippen molar-refractivity contribution < 1.29 is 22.6 Å². The van der Waals surface area contributed by atoms with Crippen molar-refractivity contribution in [3.05, 3.63) is 53.4 Å². The summed E-state index contributed by atoms with van der Waals surface area (Å²) in [6, 6.07) is 11.6. The van der Waals surface area contributed by atoms with E-state index in [2.05, 4.69) is 0 Å². The van der Waals surface area contributed by atoms with Gasteiger partial charge in [0.2, 0.25) is 5.75 Å². The first kappa shape index (κ1) is 16.9. The minimum atomic E-state index is -3.51. The molecule has 0 saturated carbocycles. The van der Waals surface area contributed by atoms with Gasteiger partial charge < -0.3 is 14.2 Å². The molecule has 0 atom stereocenters. The Balaban J connectivity index is 2.40. The van der Waals surface area contributed by atoms with Gasteiger partial charge in [-0.1, -0.05) is 18.2 Å². The molecule has 122 valence electrons. The van der Waals surface area contributed by atoms with Gasteiger partial charge in [0.15, 0.2) is 21.3 Å². The van der Waals surface area contributed by atoms with E-state index in [1.165, 1.54) is 27.4 Å². The second kappa shape index (κ2) is 7.19. The molecule has 0 unspecified atom stereocenters. The van der Waals surface area contributed by atoms with E-state index in [4.69, 9.17) is 14.2 Å². The van der Waals surface area contributed by atoms with Crippen molar-refractivity contribution >= 4 is 15.9 Å². The third kappa shape index (κ3) is 3.84. The molecule has 0 bridgehead atoms. The number of benzene rings is 2. The Kier molecular flexibility index (Phi) is 5.28. The van der Waals surface area contributed by atoms with Crippen LogP contribution in [0.5, 0.6) is 17.2 Å². The van der Waals surface area contributed by atoms with E-state index in [0.717, 1.165) is 5.41 Å². The summed E-state index contributed by atoms with van der Waals surface area (Å²) in [6.45, 7) is 0. The molecule has 0 saturated heterocycles. The fraction of sp³-hybridized carbons (Fsp3) is 0.176. The van der Waals surface area contributed by atoms with Crippen LogP contribution < -0.4 is 14.2 Å². The lowest BCUT2D eigenvalue weighted by atomic mass is 10.2. The fourth-order valence-electron chi connectivity index (χ4n) is 2.05. The number of ether oxygens (including phenoxy) is 3. The molecule has 2 aromatic carbocycles. The van der Waals surface area contributed by atoms with Crippen molar-refractivity contribution in [3.63, 3.8) is 0 Å². The van der Waals surface area contributed by atoms with E-state index < -0.39 is 9.84 Å². The number of hydrogen-bond acceptors (Lipinski definition) is 5.